The van der Waals surface area contributed by atoms with Gasteiger partial charge >= 0.3 is 0 Å². The first-order valence-corrected chi connectivity index (χ1v) is 11.9. The fraction of sp³-hybridized carbons (Fsp3) is 0.118. The Labute approximate surface area is 204 Å². The minimum atomic E-state index is 1.13. The molecular weight excluding hydrogens is 408 g/mol. The zero-order valence-electron chi connectivity index (χ0n) is 20.6. The quantitative estimate of drug-likeness (QED) is 0.207. The fourth-order valence-corrected chi connectivity index (χ4v) is 4.56. The predicted molar refractivity (Wildman–Crippen MR) is 152 cm³/mol. The lowest BCUT2D eigenvalue weighted by molar-refractivity contribution is 1.42. The smallest absolute Gasteiger partial charge is 0.00266 e. The number of fused-ring (bicyclic) bond motifs is 2. The predicted octanol–water partition coefficient (Wildman–Crippen LogP) is 10.0. The lowest BCUT2D eigenvalue weighted by Crippen LogP contribution is -1.90. The maximum Gasteiger partial charge on any atom is -0.00266 e. The Morgan fingerprint density at radius 2 is 1.26 bits per heavy atom. The second-order valence-electron chi connectivity index (χ2n) is 8.72. The molecule has 0 atom stereocenters. The second kappa shape index (κ2) is 10.4. The Bertz CT molecular complexity index is 1410. The van der Waals surface area contributed by atoms with Crippen molar-refractivity contribution in [3.63, 3.8) is 0 Å². The molecule has 0 nitrogen and oxygen atoms in total. The Kier molecular flexibility index (Phi) is 7.09. The van der Waals surface area contributed by atoms with E-state index in [-0.39, 0.29) is 0 Å². The van der Waals surface area contributed by atoms with Crippen molar-refractivity contribution in [1.82, 2.24) is 0 Å². The molecule has 0 unspecified atom stereocenters. The topological polar surface area (TPSA) is 0 Å². The summed E-state index contributed by atoms with van der Waals surface area (Å²) in [6.45, 7) is 12.5. The molecule has 4 aromatic rings. The van der Waals surface area contributed by atoms with E-state index in [1.54, 1.807) is 0 Å². The third-order valence-electron chi connectivity index (χ3n) is 6.56. The van der Waals surface area contributed by atoms with Crippen LogP contribution in [0.3, 0.4) is 0 Å². The van der Waals surface area contributed by atoms with Gasteiger partial charge < -0.3 is 0 Å². The lowest BCUT2D eigenvalue weighted by Gasteiger charge is -2.15. The van der Waals surface area contributed by atoms with Crippen molar-refractivity contribution in [1.29, 1.82) is 0 Å². The summed E-state index contributed by atoms with van der Waals surface area (Å²) in [7, 11) is 0. The Morgan fingerprint density at radius 3 is 1.79 bits per heavy atom. The average Bonchev–Trinajstić information content (AvgIpc) is 2.88. The molecule has 4 rings (SSSR count). The van der Waals surface area contributed by atoms with Gasteiger partial charge in [0.1, 0.15) is 0 Å². The molecule has 0 amide bonds. The molecule has 0 aromatic heterocycles. The lowest BCUT2D eigenvalue weighted by atomic mass is 9.88. The molecule has 0 fully saturated rings. The summed E-state index contributed by atoms with van der Waals surface area (Å²) in [6.07, 6.45) is 12.4. The van der Waals surface area contributed by atoms with E-state index in [1.807, 2.05) is 25.2 Å². The van der Waals surface area contributed by atoms with E-state index in [0.717, 1.165) is 5.57 Å². The van der Waals surface area contributed by atoms with Crippen molar-refractivity contribution in [3.05, 3.63) is 138 Å². The van der Waals surface area contributed by atoms with Crippen molar-refractivity contribution >= 4 is 27.1 Å². The molecule has 0 heterocycles. The zero-order valence-corrected chi connectivity index (χ0v) is 20.6. The first kappa shape index (κ1) is 23.3. The largest absolute Gasteiger partial charge is 0.0985 e. The summed E-state index contributed by atoms with van der Waals surface area (Å²) in [5, 5.41) is 5.26. The van der Waals surface area contributed by atoms with E-state index in [0.29, 0.717) is 0 Å². The molecule has 0 saturated carbocycles. The zero-order chi connectivity index (χ0) is 24.1. The molecule has 0 N–H and O–H groups in total. The molecule has 34 heavy (non-hydrogen) atoms. The highest BCUT2D eigenvalue weighted by atomic mass is 14.2. The Hall–Kier alpha value is -3.90. The van der Waals surface area contributed by atoms with E-state index in [4.69, 9.17) is 0 Å². The van der Waals surface area contributed by atoms with Gasteiger partial charge in [-0.05, 0) is 88.2 Å². The van der Waals surface area contributed by atoms with Crippen molar-refractivity contribution in [2.24, 2.45) is 0 Å². The minimum Gasteiger partial charge on any atom is -0.0985 e. The van der Waals surface area contributed by atoms with E-state index in [1.165, 1.54) is 54.9 Å². The van der Waals surface area contributed by atoms with Gasteiger partial charge in [-0.25, -0.2) is 0 Å². The summed E-state index contributed by atoms with van der Waals surface area (Å²) < 4.78 is 0. The molecule has 0 spiro atoms. The molecule has 0 saturated heterocycles. The monoisotopic (exact) mass is 440 g/mol. The molecular formula is C34H32. The van der Waals surface area contributed by atoms with Crippen LogP contribution in [0.15, 0.2) is 127 Å². The highest BCUT2D eigenvalue weighted by Crippen LogP contribution is 2.39. The Balaban J connectivity index is 1.75. The van der Waals surface area contributed by atoms with Crippen LogP contribution >= 0.6 is 0 Å². The SMILES string of the molecule is C=CC(=C\C=C/C)/C(C)=C/C=C(\C)c1ccc(-c2c3ccccc3c(C)c3ccccc23)cc1. The van der Waals surface area contributed by atoms with Gasteiger partial charge in [-0.15, -0.1) is 0 Å². The molecule has 4 aromatic carbocycles. The summed E-state index contributed by atoms with van der Waals surface area (Å²) in [6, 6.07) is 26.5. The van der Waals surface area contributed by atoms with Gasteiger partial charge in [0.05, 0.1) is 0 Å². The Morgan fingerprint density at radius 1 is 0.706 bits per heavy atom. The van der Waals surface area contributed by atoms with Crippen LogP contribution in [0.2, 0.25) is 0 Å². The normalized spacial score (nSPS) is 13.2. The van der Waals surface area contributed by atoms with Gasteiger partial charge in [-0.2, -0.15) is 0 Å². The van der Waals surface area contributed by atoms with Crippen molar-refractivity contribution in [3.8, 4) is 11.1 Å². The van der Waals surface area contributed by atoms with E-state index in [9.17, 15) is 0 Å². The number of allylic oxidation sites excluding steroid dienone is 9. The van der Waals surface area contributed by atoms with Crippen LogP contribution in [-0.2, 0) is 0 Å². The highest BCUT2D eigenvalue weighted by Gasteiger charge is 2.12. The number of hydrogen-bond acceptors (Lipinski definition) is 0. The first-order valence-electron chi connectivity index (χ1n) is 11.9. The van der Waals surface area contributed by atoms with Gasteiger partial charge in [0.2, 0.25) is 0 Å². The number of hydrogen-bond donors (Lipinski definition) is 0. The number of aryl methyl sites for hydroxylation is 1. The maximum atomic E-state index is 3.94. The fourth-order valence-electron chi connectivity index (χ4n) is 4.56. The third-order valence-corrected chi connectivity index (χ3v) is 6.56. The molecule has 0 bridgehead atoms. The van der Waals surface area contributed by atoms with Gasteiger partial charge in [-0.1, -0.05) is 116 Å². The van der Waals surface area contributed by atoms with E-state index < -0.39 is 0 Å². The molecule has 0 aliphatic heterocycles. The van der Waals surface area contributed by atoms with Crippen LogP contribution in [0.1, 0.15) is 31.9 Å². The van der Waals surface area contributed by atoms with Crippen molar-refractivity contribution in [2.75, 3.05) is 0 Å². The standard InChI is InChI=1S/C34H32/c1-6-8-13-27(7-2)24(3)18-19-25(4)28-20-22-29(23-21-28)34-32-16-11-9-14-30(32)26(5)31-15-10-12-17-33(31)34/h6-23H,2H2,1,3-5H3/b8-6-,24-18+,25-19+,27-13+. The highest BCUT2D eigenvalue weighted by molar-refractivity contribution is 6.14. The van der Waals surface area contributed by atoms with Gasteiger partial charge in [0.25, 0.3) is 0 Å². The summed E-state index contributed by atoms with van der Waals surface area (Å²) in [5.41, 5.74) is 8.70. The first-order chi connectivity index (χ1) is 16.5. The molecule has 0 radical (unpaired) electrons. The third kappa shape index (κ3) is 4.58. The van der Waals surface area contributed by atoms with Crippen LogP contribution in [0.25, 0.3) is 38.2 Å². The van der Waals surface area contributed by atoms with Gasteiger partial charge in [0.15, 0.2) is 0 Å². The maximum absolute atomic E-state index is 3.94. The average molecular weight is 441 g/mol. The summed E-state index contributed by atoms with van der Waals surface area (Å²) in [5.74, 6) is 0. The van der Waals surface area contributed by atoms with Crippen LogP contribution in [0.4, 0.5) is 0 Å². The molecule has 168 valence electrons. The molecule has 0 aliphatic rings. The van der Waals surface area contributed by atoms with E-state index >= 15 is 0 Å². The van der Waals surface area contributed by atoms with Crippen LogP contribution in [0, 0.1) is 6.92 Å². The second-order valence-corrected chi connectivity index (χ2v) is 8.72. The van der Waals surface area contributed by atoms with Crippen LogP contribution in [0.5, 0.6) is 0 Å². The van der Waals surface area contributed by atoms with E-state index in [2.05, 4.69) is 118 Å². The van der Waals surface area contributed by atoms with Crippen molar-refractivity contribution in [2.45, 2.75) is 27.7 Å². The summed E-state index contributed by atoms with van der Waals surface area (Å²) in [4.78, 5) is 0. The van der Waals surface area contributed by atoms with Gasteiger partial charge in [0, 0.05) is 0 Å². The molecule has 0 heteroatoms. The van der Waals surface area contributed by atoms with Crippen LogP contribution in [-0.4, -0.2) is 0 Å². The van der Waals surface area contributed by atoms with Crippen LogP contribution < -0.4 is 0 Å². The molecule has 0 aliphatic carbocycles. The number of rotatable bonds is 6. The number of benzene rings is 4. The summed E-state index contributed by atoms with van der Waals surface area (Å²) >= 11 is 0. The van der Waals surface area contributed by atoms with Gasteiger partial charge in [-0.3, -0.25) is 0 Å². The minimum absolute atomic E-state index is 1.13. The van der Waals surface area contributed by atoms with Crippen molar-refractivity contribution < 1.29 is 0 Å².